The molecule has 0 atom stereocenters. The van der Waals surface area contributed by atoms with Crippen molar-refractivity contribution in [3.63, 3.8) is 0 Å². The number of likely N-dealkylation sites (N-methyl/N-ethyl adjacent to an activating group) is 1. The zero-order valence-corrected chi connectivity index (χ0v) is 8.86. The number of aromatic nitrogens is 2. The molecule has 1 heterocycles. The standard InChI is InChI=1S/C10H16N4O/c1-14(8-2-3-8)5-4-11-9-6-10(15)13-7-12-9/h6-8H,2-5H2,1H3,(H2,11,12,13,15). The van der Waals surface area contributed by atoms with Crippen molar-refractivity contribution in [3.05, 3.63) is 22.7 Å². The van der Waals surface area contributed by atoms with E-state index < -0.39 is 0 Å². The summed E-state index contributed by atoms with van der Waals surface area (Å²) >= 11 is 0. The van der Waals surface area contributed by atoms with Crippen LogP contribution in [0.2, 0.25) is 0 Å². The van der Waals surface area contributed by atoms with E-state index in [0.29, 0.717) is 5.82 Å². The van der Waals surface area contributed by atoms with Gasteiger partial charge in [-0.3, -0.25) is 4.79 Å². The first-order chi connectivity index (χ1) is 7.25. The molecule has 2 rings (SSSR count). The zero-order valence-electron chi connectivity index (χ0n) is 8.86. The molecule has 5 nitrogen and oxygen atoms in total. The van der Waals surface area contributed by atoms with E-state index in [1.807, 2.05) is 0 Å². The Morgan fingerprint density at radius 2 is 2.47 bits per heavy atom. The number of H-pyrrole nitrogens is 1. The Kier molecular flexibility index (Phi) is 3.01. The number of aromatic amines is 1. The first-order valence-corrected chi connectivity index (χ1v) is 5.24. The van der Waals surface area contributed by atoms with E-state index in [4.69, 9.17) is 0 Å². The van der Waals surface area contributed by atoms with E-state index in [-0.39, 0.29) is 5.56 Å². The largest absolute Gasteiger partial charge is 0.369 e. The van der Waals surface area contributed by atoms with E-state index in [1.165, 1.54) is 25.2 Å². The van der Waals surface area contributed by atoms with Gasteiger partial charge in [-0.1, -0.05) is 0 Å². The van der Waals surface area contributed by atoms with Crippen LogP contribution >= 0.6 is 0 Å². The Bertz CT molecular complexity index is 372. The summed E-state index contributed by atoms with van der Waals surface area (Å²) in [6, 6.07) is 2.25. The number of rotatable bonds is 5. The quantitative estimate of drug-likeness (QED) is 0.729. The van der Waals surface area contributed by atoms with Gasteiger partial charge in [0.15, 0.2) is 0 Å². The van der Waals surface area contributed by atoms with Crippen LogP contribution < -0.4 is 10.9 Å². The van der Waals surface area contributed by atoms with Gasteiger partial charge in [0.2, 0.25) is 0 Å². The van der Waals surface area contributed by atoms with Crippen molar-refractivity contribution in [2.24, 2.45) is 0 Å². The van der Waals surface area contributed by atoms with Crippen molar-refractivity contribution in [2.75, 3.05) is 25.5 Å². The van der Waals surface area contributed by atoms with Crippen LogP contribution in [0, 0.1) is 0 Å². The Hall–Kier alpha value is -1.36. The SMILES string of the molecule is CN(CCNc1cc(=O)[nH]cn1)C1CC1. The molecule has 1 fully saturated rings. The van der Waals surface area contributed by atoms with Crippen LogP contribution in [0.1, 0.15) is 12.8 Å². The molecular weight excluding hydrogens is 192 g/mol. The second-order valence-electron chi connectivity index (χ2n) is 3.93. The average Bonchev–Trinajstić information content (AvgIpc) is 3.00. The Morgan fingerprint density at radius 3 is 3.13 bits per heavy atom. The van der Waals surface area contributed by atoms with Crippen molar-refractivity contribution in [1.82, 2.24) is 14.9 Å². The van der Waals surface area contributed by atoms with Crippen LogP contribution in [0.3, 0.4) is 0 Å². The summed E-state index contributed by atoms with van der Waals surface area (Å²) in [6.45, 7) is 1.81. The summed E-state index contributed by atoms with van der Waals surface area (Å²) in [5.74, 6) is 0.642. The molecule has 1 aromatic rings. The molecule has 5 heteroatoms. The molecule has 0 aliphatic heterocycles. The monoisotopic (exact) mass is 208 g/mol. The molecule has 0 saturated heterocycles. The van der Waals surface area contributed by atoms with Crippen LogP contribution in [0.4, 0.5) is 5.82 Å². The van der Waals surface area contributed by atoms with Crippen LogP contribution in [0.5, 0.6) is 0 Å². The Balaban J connectivity index is 1.75. The highest BCUT2D eigenvalue weighted by Gasteiger charge is 2.25. The van der Waals surface area contributed by atoms with E-state index >= 15 is 0 Å². The number of hydrogen-bond donors (Lipinski definition) is 2. The summed E-state index contributed by atoms with van der Waals surface area (Å²) in [5.41, 5.74) is -0.122. The van der Waals surface area contributed by atoms with Crippen molar-refractivity contribution in [1.29, 1.82) is 0 Å². The van der Waals surface area contributed by atoms with Crippen molar-refractivity contribution < 1.29 is 0 Å². The molecule has 0 unspecified atom stereocenters. The molecule has 0 bridgehead atoms. The highest BCUT2D eigenvalue weighted by Crippen LogP contribution is 2.24. The van der Waals surface area contributed by atoms with Crippen molar-refractivity contribution in [2.45, 2.75) is 18.9 Å². The molecule has 1 aromatic heterocycles. The highest BCUT2D eigenvalue weighted by molar-refractivity contribution is 5.31. The normalized spacial score (nSPS) is 15.6. The van der Waals surface area contributed by atoms with Gasteiger partial charge in [-0.05, 0) is 19.9 Å². The van der Waals surface area contributed by atoms with Crippen molar-refractivity contribution >= 4 is 5.82 Å². The minimum Gasteiger partial charge on any atom is -0.369 e. The van der Waals surface area contributed by atoms with Gasteiger partial charge in [0.25, 0.3) is 5.56 Å². The Labute approximate surface area is 88.5 Å². The predicted molar refractivity (Wildman–Crippen MR) is 59.0 cm³/mol. The van der Waals surface area contributed by atoms with Crippen LogP contribution in [-0.2, 0) is 0 Å². The molecular formula is C10H16N4O. The van der Waals surface area contributed by atoms with Crippen LogP contribution in [0.25, 0.3) is 0 Å². The summed E-state index contributed by atoms with van der Waals surface area (Å²) in [6.07, 6.45) is 4.05. The third-order valence-electron chi connectivity index (χ3n) is 2.62. The molecule has 1 saturated carbocycles. The van der Waals surface area contributed by atoms with E-state index in [9.17, 15) is 4.79 Å². The molecule has 1 aliphatic rings. The minimum atomic E-state index is -0.122. The Morgan fingerprint density at radius 1 is 1.67 bits per heavy atom. The molecule has 2 N–H and O–H groups in total. The summed E-state index contributed by atoms with van der Waals surface area (Å²) < 4.78 is 0. The molecule has 0 spiro atoms. The van der Waals surface area contributed by atoms with Gasteiger partial charge in [0, 0.05) is 25.2 Å². The maximum absolute atomic E-state index is 11.0. The zero-order chi connectivity index (χ0) is 10.7. The van der Waals surface area contributed by atoms with Gasteiger partial charge in [-0.15, -0.1) is 0 Å². The predicted octanol–water partition coefficient (Wildman–Crippen LogP) is 0.276. The lowest BCUT2D eigenvalue weighted by atomic mass is 10.5. The molecule has 15 heavy (non-hydrogen) atoms. The van der Waals surface area contributed by atoms with E-state index in [2.05, 4.69) is 27.2 Å². The second kappa shape index (κ2) is 4.44. The van der Waals surface area contributed by atoms with Gasteiger partial charge in [-0.25, -0.2) is 4.98 Å². The summed E-state index contributed by atoms with van der Waals surface area (Å²) in [4.78, 5) is 19.8. The summed E-state index contributed by atoms with van der Waals surface area (Å²) in [7, 11) is 2.13. The fourth-order valence-electron chi connectivity index (χ4n) is 1.52. The molecule has 1 aliphatic carbocycles. The summed E-state index contributed by atoms with van der Waals surface area (Å²) in [5, 5.41) is 3.13. The minimum absolute atomic E-state index is 0.122. The maximum atomic E-state index is 11.0. The fourth-order valence-corrected chi connectivity index (χ4v) is 1.52. The van der Waals surface area contributed by atoms with E-state index in [0.717, 1.165) is 19.1 Å². The number of anilines is 1. The highest BCUT2D eigenvalue weighted by atomic mass is 16.1. The molecule has 82 valence electrons. The van der Waals surface area contributed by atoms with Gasteiger partial charge >= 0.3 is 0 Å². The third-order valence-corrected chi connectivity index (χ3v) is 2.62. The van der Waals surface area contributed by atoms with E-state index in [1.54, 1.807) is 0 Å². The third kappa shape index (κ3) is 3.06. The lowest BCUT2D eigenvalue weighted by Gasteiger charge is -2.15. The number of nitrogens with zero attached hydrogens (tertiary/aromatic N) is 2. The van der Waals surface area contributed by atoms with Gasteiger partial charge in [0.05, 0.1) is 6.33 Å². The van der Waals surface area contributed by atoms with Gasteiger partial charge < -0.3 is 15.2 Å². The fraction of sp³-hybridized carbons (Fsp3) is 0.600. The smallest absolute Gasteiger partial charge is 0.252 e. The maximum Gasteiger partial charge on any atom is 0.252 e. The average molecular weight is 208 g/mol. The van der Waals surface area contributed by atoms with Gasteiger partial charge in [0.1, 0.15) is 5.82 Å². The number of hydrogen-bond acceptors (Lipinski definition) is 4. The van der Waals surface area contributed by atoms with Crippen LogP contribution in [-0.4, -0.2) is 41.0 Å². The second-order valence-corrected chi connectivity index (χ2v) is 3.93. The molecule has 0 radical (unpaired) electrons. The lowest BCUT2D eigenvalue weighted by Crippen LogP contribution is -2.27. The van der Waals surface area contributed by atoms with Gasteiger partial charge in [-0.2, -0.15) is 0 Å². The molecule has 0 aromatic carbocycles. The number of nitrogens with one attached hydrogen (secondary N) is 2. The first-order valence-electron chi connectivity index (χ1n) is 5.24. The van der Waals surface area contributed by atoms with Crippen molar-refractivity contribution in [3.8, 4) is 0 Å². The van der Waals surface area contributed by atoms with Crippen LogP contribution in [0.15, 0.2) is 17.2 Å². The molecule has 0 amide bonds. The topological polar surface area (TPSA) is 61.0 Å². The lowest BCUT2D eigenvalue weighted by molar-refractivity contribution is 0.337. The first kappa shape index (κ1) is 10.2.